The molecule has 0 aliphatic carbocycles. The van der Waals surface area contributed by atoms with Crippen molar-refractivity contribution in [1.29, 1.82) is 0 Å². The fourth-order valence-electron chi connectivity index (χ4n) is 2.60. The zero-order valence-corrected chi connectivity index (χ0v) is 11.6. The number of nitrogens with zero attached hydrogens (tertiary/aromatic N) is 2. The van der Waals surface area contributed by atoms with Crippen LogP contribution in [0.25, 0.3) is 0 Å². The van der Waals surface area contributed by atoms with Crippen LogP contribution in [0.1, 0.15) is 32.3 Å². The third-order valence-corrected chi connectivity index (χ3v) is 3.73. The van der Waals surface area contributed by atoms with Gasteiger partial charge in [-0.15, -0.1) is 0 Å². The molecule has 1 atom stereocenters. The van der Waals surface area contributed by atoms with Gasteiger partial charge in [-0.05, 0) is 57.3 Å². The van der Waals surface area contributed by atoms with Gasteiger partial charge in [0.25, 0.3) is 0 Å². The molecule has 3 heteroatoms. The number of pyridine rings is 1. The highest BCUT2D eigenvalue weighted by Crippen LogP contribution is 2.15. The van der Waals surface area contributed by atoms with Gasteiger partial charge in [0.15, 0.2) is 0 Å². The smallest absolute Gasteiger partial charge is 0.0312 e. The van der Waals surface area contributed by atoms with Gasteiger partial charge in [0.05, 0.1) is 0 Å². The molecule has 1 aliphatic rings. The van der Waals surface area contributed by atoms with Crippen LogP contribution in [0.4, 0.5) is 0 Å². The predicted molar refractivity (Wildman–Crippen MR) is 75.4 cm³/mol. The lowest BCUT2D eigenvalue weighted by atomic mass is 9.98. The Hall–Kier alpha value is -0.930. The van der Waals surface area contributed by atoms with E-state index >= 15 is 0 Å². The monoisotopic (exact) mass is 247 g/mol. The van der Waals surface area contributed by atoms with Gasteiger partial charge >= 0.3 is 0 Å². The minimum Gasteiger partial charge on any atom is -0.316 e. The molecule has 1 aromatic heterocycles. The van der Waals surface area contributed by atoms with E-state index in [4.69, 9.17) is 0 Å². The molecule has 0 bridgehead atoms. The predicted octanol–water partition coefficient (Wildman–Crippen LogP) is 2.29. The van der Waals surface area contributed by atoms with Crippen LogP contribution in [0.2, 0.25) is 0 Å². The Kier molecular flexibility index (Phi) is 5.14. The summed E-state index contributed by atoms with van der Waals surface area (Å²) in [6.07, 6.45) is 6.51. The molecule has 0 amide bonds. The lowest BCUT2D eigenvalue weighted by Crippen LogP contribution is -2.40. The Balaban J connectivity index is 1.91. The van der Waals surface area contributed by atoms with Gasteiger partial charge in [-0.25, -0.2) is 0 Å². The summed E-state index contributed by atoms with van der Waals surface area (Å²) in [5.74, 6) is 0.804. The van der Waals surface area contributed by atoms with E-state index in [-0.39, 0.29) is 0 Å². The van der Waals surface area contributed by atoms with Crippen LogP contribution in [0.15, 0.2) is 24.5 Å². The van der Waals surface area contributed by atoms with E-state index in [1.807, 2.05) is 18.5 Å². The molecule has 0 spiro atoms. The molecular formula is C15H25N3. The van der Waals surface area contributed by atoms with E-state index in [1.54, 1.807) is 0 Å². The fraction of sp³-hybridized carbons (Fsp3) is 0.667. The summed E-state index contributed by atoms with van der Waals surface area (Å²) in [4.78, 5) is 6.77. The first-order chi connectivity index (χ1) is 8.75. The maximum absolute atomic E-state index is 4.20. The Morgan fingerprint density at radius 1 is 1.50 bits per heavy atom. The second-order valence-electron chi connectivity index (χ2n) is 5.60. The van der Waals surface area contributed by atoms with Crippen LogP contribution in [-0.4, -0.2) is 35.6 Å². The number of hydrogen-bond donors (Lipinski definition) is 1. The zero-order valence-electron chi connectivity index (χ0n) is 11.6. The van der Waals surface area contributed by atoms with Crippen molar-refractivity contribution in [3.05, 3.63) is 30.1 Å². The largest absolute Gasteiger partial charge is 0.316 e. The maximum Gasteiger partial charge on any atom is 0.0312 e. The molecule has 1 saturated heterocycles. The molecule has 0 saturated carbocycles. The van der Waals surface area contributed by atoms with Crippen molar-refractivity contribution < 1.29 is 0 Å². The molecule has 1 aromatic rings. The Morgan fingerprint density at radius 2 is 2.39 bits per heavy atom. The highest BCUT2D eigenvalue weighted by Gasteiger charge is 2.18. The molecule has 0 aromatic carbocycles. The molecule has 1 aliphatic heterocycles. The van der Waals surface area contributed by atoms with Crippen molar-refractivity contribution in [3.8, 4) is 0 Å². The SMILES string of the molecule is CC(C)N(Cc1cccnc1)CC1CCCNC1. The average molecular weight is 247 g/mol. The molecule has 1 unspecified atom stereocenters. The Labute approximate surface area is 111 Å². The third-order valence-electron chi connectivity index (χ3n) is 3.73. The maximum atomic E-state index is 4.20. The van der Waals surface area contributed by atoms with Gasteiger partial charge in [-0.2, -0.15) is 0 Å². The topological polar surface area (TPSA) is 28.2 Å². The molecule has 1 N–H and O–H groups in total. The highest BCUT2D eigenvalue weighted by atomic mass is 15.1. The van der Waals surface area contributed by atoms with Crippen molar-refractivity contribution in [1.82, 2.24) is 15.2 Å². The molecule has 18 heavy (non-hydrogen) atoms. The van der Waals surface area contributed by atoms with Crippen LogP contribution < -0.4 is 5.32 Å². The van der Waals surface area contributed by atoms with Crippen molar-refractivity contribution in [2.75, 3.05) is 19.6 Å². The zero-order chi connectivity index (χ0) is 12.8. The van der Waals surface area contributed by atoms with Crippen LogP contribution in [-0.2, 0) is 6.54 Å². The van der Waals surface area contributed by atoms with Gasteiger partial charge < -0.3 is 5.32 Å². The molecule has 2 rings (SSSR count). The fourth-order valence-corrected chi connectivity index (χ4v) is 2.60. The summed E-state index contributed by atoms with van der Waals surface area (Å²) in [6, 6.07) is 4.78. The lowest BCUT2D eigenvalue weighted by Gasteiger charge is -2.32. The first-order valence-electron chi connectivity index (χ1n) is 7.09. The first kappa shape index (κ1) is 13.5. The van der Waals surface area contributed by atoms with Crippen LogP contribution in [0.5, 0.6) is 0 Å². The summed E-state index contributed by atoms with van der Waals surface area (Å²) in [7, 11) is 0. The first-order valence-corrected chi connectivity index (χ1v) is 7.09. The normalized spacial score (nSPS) is 20.6. The summed E-state index contributed by atoms with van der Waals surface area (Å²) in [5, 5.41) is 3.50. The van der Waals surface area contributed by atoms with E-state index in [0.717, 1.165) is 12.5 Å². The Bertz CT molecular complexity index is 331. The highest BCUT2D eigenvalue weighted by molar-refractivity contribution is 5.08. The number of rotatable bonds is 5. The molecule has 2 heterocycles. The second kappa shape index (κ2) is 6.86. The minimum absolute atomic E-state index is 0.590. The molecule has 1 fully saturated rings. The summed E-state index contributed by atoms with van der Waals surface area (Å²) >= 11 is 0. The van der Waals surface area contributed by atoms with Crippen molar-refractivity contribution in [3.63, 3.8) is 0 Å². The van der Waals surface area contributed by atoms with Crippen molar-refractivity contribution in [2.24, 2.45) is 5.92 Å². The third kappa shape index (κ3) is 4.07. The standard InChI is InChI=1S/C15H25N3/c1-13(2)18(11-14-5-3-7-16-9-14)12-15-6-4-8-17-10-15/h3,5,7,9,13,15,17H,4,6,8,10-12H2,1-2H3. The molecular weight excluding hydrogens is 222 g/mol. The van der Waals surface area contributed by atoms with Crippen LogP contribution >= 0.6 is 0 Å². The summed E-state index contributed by atoms with van der Waals surface area (Å²) in [5.41, 5.74) is 1.31. The molecule has 0 radical (unpaired) electrons. The number of piperidine rings is 1. The van der Waals surface area contributed by atoms with Crippen LogP contribution in [0.3, 0.4) is 0 Å². The van der Waals surface area contributed by atoms with E-state index in [1.165, 1.54) is 38.0 Å². The van der Waals surface area contributed by atoms with Gasteiger partial charge in [0, 0.05) is 31.5 Å². The second-order valence-corrected chi connectivity index (χ2v) is 5.60. The quantitative estimate of drug-likeness (QED) is 0.865. The number of hydrogen-bond acceptors (Lipinski definition) is 3. The van der Waals surface area contributed by atoms with Gasteiger partial charge in [0.2, 0.25) is 0 Å². The lowest BCUT2D eigenvalue weighted by molar-refractivity contribution is 0.164. The summed E-state index contributed by atoms with van der Waals surface area (Å²) in [6.45, 7) is 9.15. The number of aromatic nitrogens is 1. The Morgan fingerprint density at radius 3 is 3.00 bits per heavy atom. The van der Waals surface area contributed by atoms with Crippen molar-refractivity contribution >= 4 is 0 Å². The van der Waals surface area contributed by atoms with E-state index < -0.39 is 0 Å². The molecule has 3 nitrogen and oxygen atoms in total. The van der Waals surface area contributed by atoms with Crippen molar-refractivity contribution in [2.45, 2.75) is 39.3 Å². The average Bonchev–Trinajstić information content (AvgIpc) is 2.40. The summed E-state index contributed by atoms with van der Waals surface area (Å²) < 4.78 is 0. The van der Waals surface area contributed by atoms with E-state index in [9.17, 15) is 0 Å². The van der Waals surface area contributed by atoms with E-state index in [2.05, 4.69) is 35.1 Å². The van der Waals surface area contributed by atoms with E-state index in [0.29, 0.717) is 6.04 Å². The van der Waals surface area contributed by atoms with Gasteiger partial charge in [-0.3, -0.25) is 9.88 Å². The van der Waals surface area contributed by atoms with Gasteiger partial charge in [-0.1, -0.05) is 6.07 Å². The minimum atomic E-state index is 0.590. The number of nitrogens with one attached hydrogen (secondary N) is 1. The van der Waals surface area contributed by atoms with Gasteiger partial charge in [0.1, 0.15) is 0 Å². The van der Waals surface area contributed by atoms with Crippen LogP contribution in [0, 0.1) is 5.92 Å². The molecule has 100 valence electrons.